The Morgan fingerprint density at radius 2 is 1.91 bits per heavy atom. The standard InChI is InChI=1S/C16H28N4O2S/c1-18(2)23(21,22)13-5-10-19-8-4-9-20(12-11-19)15-16-6-3-7-17-14-16/h3,6-7,14H,4-5,8-13,15H2,1-2H3. The van der Waals surface area contributed by atoms with E-state index >= 15 is 0 Å². The third-order valence-electron chi connectivity index (χ3n) is 4.24. The van der Waals surface area contributed by atoms with Crippen LogP contribution in [0.4, 0.5) is 0 Å². The summed E-state index contributed by atoms with van der Waals surface area (Å²) in [6.45, 7) is 5.95. The minimum absolute atomic E-state index is 0.232. The van der Waals surface area contributed by atoms with Crippen LogP contribution >= 0.6 is 0 Å². The van der Waals surface area contributed by atoms with Gasteiger partial charge in [-0.15, -0.1) is 0 Å². The zero-order valence-corrected chi connectivity index (χ0v) is 15.0. The molecular formula is C16H28N4O2S. The van der Waals surface area contributed by atoms with Gasteiger partial charge >= 0.3 is 0 Å². The SMILES string of the molecule is CN(C)S(=O)(=O)CCCN1CCCN(Cc2cccnc2)CC1. The van der Waals surface area contributed by atoms with E-state index in [1.165, 1.54) is 9.87 Å². The smallest absolute Gasteiger partial charge is 0.213 e. The van der Waals surface area contributed by atoms with Gasteiger partial charge in [-0.2, -0.15) is 0 Å². The van der Waals surface area contributed by atoms with Crippen molar-refractivity contribution in [3.63, 3.8) is 0 Å². The Hall–Kier alpha value is -1.02. The molecule has 1 aromatic rings. The van der Waals surface area contributed by atoms with Gasteiger partial charge in [0.1, 0.15) is 0 Å². The van der Waals surface area contributed by atoms with Gasteiger partial charge in [-0.3, -0.25) is 9.88 Å². The first-order chi connectivity index (χ1) is 11.0. The Labute approximate surface area is 140 Å². The van der Waals surface area contributed by atoms with Crippen molar-refractivity contribution >= 4 is 10.0 Å². The first kappa shape index (κ1) is 18.3. The van der Waals surface area contributed by atoms with Crippen molar-refractivity contribution in [3.05, 3.63) is 30.1 Å². The first-order valence-electron chi connectivity index (χ1n) is 8.21. The maximum absolute atomic E-state index is 11.8. The number of pyridine rings is 1. The lowest BCUT2D eigenvalue weighted by Gasteiger charge is -2.22. The summed E-state index contributed by atoms with van der Waals surface area (Å²) >= 11 is 0. The van der Waals surface area contributed by atoms with Gasteiger partial charge < -0.3 is 4.90 Å². The van der Waals surface area contributed by atoms with Crippen molar-refractivity contribution in [2.45, 2.75) is 19.4 Å². The predicted octanol–water partition coefficient (Wildman–Crippen LogP) is 0.871. The second-order valence-electron chi connectivity index (χ2n) is 6.28. The zero-order chi connectivity index (χ0) is 16.7. The molecule has 0 spiro atoms. The maximum atomic E-state index is 11.8. The molecule has 1 aromatic heterocycles. The number of sulfonamides is 1. The lowest BCUT2D eigenvalue weighted by Crippen LogP contribution is -2.33. The number of hydrogen-bond donors (Lipinski definition) is 0. The monoisotopic (exact) mass is 340 g/mol. The van der Waals surface area contributed by atoms with Gasteiger partial charge in [0.15, 0.2) is 0 Å². The van der Waals surface area contributed by atoms with Crippen molar-refractivity contribution in [2.24, 2.45) is 0 Å². The normalized spacial score (nSPS) is 18.2. The van der Waals surface area contributed by atoms with Crippen molar-refractivity contribution in [1.82, 2.24) is 19.1 Å². The number of aromatic nitrogens is 1. The molecule has 0 amide bonds. The fourth-order valence-corrected chi connectivity index (χ4v) is 3.67. The van der Waals surface area contributed by atoms with Crippen LogP contribution in [0.2, 0.25) is 0 Å². The van der Waals surface area contributed by atoms with Gasteiger partial charge in [0, 0.05) is 46.1 Å². The minimum atomic E-state index is -3.07. The van der Waals surface area contributed by atoms with Gasteiger partial charge in [-0.05, 0) is 44.1 Å². The number of nitrogens with zero attached hydrogens (tertiary/aromatic N) is 4. The molecule has 6 nitrogen and oxygen atoms in total. The Morgan fingerprint density at radius 1 is 1.17 bits per heavy atom. The van der Waals surface area contributed by atoms with Crippen LogP contribution in [0.5, 0.6) is 0 Å². The zero-order valence-electron chi connectivity index (χ0n) is 14.2. The van der Waals surface area contributed by atoms with Crippen molar-refractivity contribution in [1.29, 1.82) is 0 Å². The van der Waals surface area contributed by atoms with Crippen molar-refractivity contribution < 1.29 is 8.42 Å². The minimum Gasteiger partial charge on any atom is -0.302 e. The molecule has 2 heterocycles. The molecule has 1 aliphatic heterocycles. The van der Waals surface area contributed by atoms with E-state index in [4.69, 9.17) is 0 Å². The van der Waals surface area contributed by atoms with E-state index in [-0.39, 0.29) is 5.75 Å². The van der Waals surface area contributed by atoms with Crippen LogP contribution in [-0.2, 0) is 16.6 Å². The average Bonchev–Trinajstić information content (AvgIpc) is 2.73. The first-order valence-corrected chi connectivity index (χ1v) is 9.82. The molecule has 1 aliphatic rings. The topological polar surface area (TPSA) is 56.8 Å². The van der Waals surface area contributed by atoms with E-state index < -0.39 is 10.0 Å². The summed E-state index contributed by atoms with van der Waals surface area (Å²) in [5.41, 5.74) is 1.25. The summed E-state index contributed by atoms with van der Waals surface area (Å²) in [5, 5.41) is 0. The fourth-order valence-electron chi connectivity index (χ4n) is 2.81. The van der Waals surface area contributed by atoms with Gasteiger partial charge in [-0.1, -0.05) is 6.07 Å². The Morgan fingerprint density at radius 3 is 2.61 bits per heavy atom. The van der Waals surface area contributed by atoms with Gasteiger partial charge in [0.05, 0.1) is 5.75 Å². The molecule has 0 unspecified atom stereocenters. The van der Waals surface area contributed by atoms with E-state index in [1.54, 1.807) is 20.3 Å². The molecule has 0 aliphatic carbocycles. The van der Waals surface area contributed by atoms with E-state index in [2.05, 4.69) is 20.9 Å². The summed E-state index contributed by atoms with van der Waals surface area (Å²) in [6, 6.07) is 4.09. The summed E-state index contributed by atoms with van der Waals surface area (Å²) in [7, 11) is 0.119. The van der Waals surface area contributed by atoms with Crippen LogP contribution in [0.1, 0.15) is 18.4 Å². The molecule has 0 saturated carbocycles. The third-order valence-corrected chi connectivity index (χ3v) is 6.16. The molecular weight excluding hydrogens is 312 g/mol. The fraction of sp³-hybridized carbons (Fsp3) is 0.688. The molecule has 0 atom stereocenters. The Balaban J connectivity index is 1.73. The van der Waals surface area contributed by atoms with E-state index in [9.17, 15) is 8.42 Å². The van der Waals surface area contributed by atoms with Gasteiger partial charge in [0.2, 0.25) is 10.0 Å². The molecule has 1 fully saturated rings. The van der Waals surface area contributed by atoms with E-state index in [0.717, 1.165) is 45.7 Å². The molecule has 0 aromatic carbocycles. The number of rotatable bonds is 7. The highest BCUT2D eigenvalue weighted by Crippen LogP contribution is 2.09. The van der Waals surface area contributed by atoms with Crippen LogP contribution in [-0.4, -0.2) is 80.1 Å². The summed E-state index contributed by atoms with van der Waals surface area (Å²) in [4.78, 5) is 9.00. The number of hydrogen-bond acceptors (Lipinski definition) is 5. The van der Waals surface area contributed by atoms with Crippen molar-refractivity contribution in [3.8, 4) is 0 Å². The van der Waals surface area contributed by atoms with Crippen LogP contribution in [0.25, 0.3) is 0 Å². The van der Waals surface area contributed by atoms with Gasteiger partial charge in [0.25, 0.3) is 0 Å². The van der Waals surface area contributed by atoms with Crippen LogP contribution in [0.15, 0.2) is 24.5 Å². The molecule has 1 saturated heterocycles. The summed E-state index contributed by atoms with van der Waals surface area (Å²) in [6.07, 6.45) is 5.55. The van der Waals surface area contributed by atoms with Crippen LogP contribution < -0.4 is 0 Å². The molecule has 0 bridgehead atoms. The van der Waals surface area contributed by atoms with E-state index in [0.29, 0.717) is 6.42 Å². The summed E-state index contributed by atoms with van der Waals surface area (Å²) in [5.74, 6) is 0.232. The molecule has 23 heavy (non-hydrogen) atoms. The Kier molecular flexibility index (Phi) is 6.95. The quantitative estimate of drug-likeness (QED) is 0.737. The van der Waals surface area contributed by atoms with Crippen LogP contribution in [0.3, 0.4) is 0 Å². The van der Waals surface area contributed by atoms with Crippen molar-refractivity contribution in [2.75, 3.05) is 52.6 Å². The van der Waals surface area contributed by atoms with Crippen LogP contribution in [0, 0.1) is 0 Å². The maximum Gasteiger partial charge on any atom is 0.213 e. The second-order valence-corrected chi connectivity index (χ2v) is 8.59. The molecule has 0 radical (unpaired) electrons. The predicted molar refractivity (Wildman–Crippen MR) is 92.7 cm³/mol. The molecule has 130 valence electrons. The highest BCUT2D eigenvalue weighted by molar-refractivity contribution is 7.89. The second kappa shape index (κ2) is 8.73. The summed E-state index contributed by atoms with van der Waals surface area (Å²) < 4.78 is 24.9. The van der Waals surface area contributed by atoms with E-state index in [1.807, 2.05) is 12.3 Å². The molecule has 2 rings (SSSR count). The highest BCUT2D eigenvalue weighted by atomic mass is 32.2. The van der Waals surface area contributed by atoms with Gasteiger partial charge in [-0.25, -0.2) is 12.7 Å². The Bertz CT molecular complexity index is 563. The lowest BCUT2D eigenvalue weighted by molar-refractivity contribution is 0.251. The highest BCUT2D eigenvalue weighted by Gasteiger charge is 2.17. The lowest BCUT2D eigenvalue weighted by atomic mass is 10.2. The third kappa shape index (κ3) is 6.18. The largest absolute Gasteiger partial charge is 0.302 e. The molecule has 0 N–H and O–H groups in total. The molecule has 7 heteroatoms. The average molecular weight is 340 g/mol.